The molecule has 1 heterocycles. The molecule has 0 radical (unpaired) electrons. The molecule has 1 saturated heterocycles. The van der Waals surface area contributed by atoms with Crippen LogP contribution in [-0.4, -0.2) is 90.5 Å². The van der Waals surface area contributed by atoms with E-state index in [1.54, 1.807) is 13.8 Å². The van der Waals surface area contributed by atoms with Crippen molar-refractivity contribution in [1.82, 2.24) is 26.2 Å². The summed E-state index contributed by atoms with van der Waals surface area (Å²) < 4.78 is 11.0. The number of nitrogens with zero attached hydrogens (tertiary/aromatic N) is 1. The summed E-state index contributed by atoms with van der Waals surface area (Å²) in [6.07, 6.45) is 0.850. The van der Waals surface area contributed by atoms with Crippen molar-refractivity contribution in [1.29, 1.82) is 0 Å². The SMILES string of the molecule is CC(C)[C@H](NC(=O)OCc1ccccc1)C(=O)NC(Cc1ccccc1)C(O)C(Cc1ccccc1)NC(=O)[C@@H](NC(=O)OCC1CCCCN1C)C(C)C. The molecule has 1 aliphatic heterocycles. The van der Waals surface area contributed by atoms with Crippen LogP contribution < -0.4 is 21.3 Å². The highest BCUT2D eigenvalue weighted by atomic mass is 16.6. The van der Waals surface area contributed by atoms with Gasteiger partial charge in [0.05, 0.1) is 18.2 Å². The number of aliphatic hydroxyl groups is 1. The Morgan fingerprint density at radius 1 is 0.655 bits per heavy atom. The van der Waals surface area contributed by atoms with Crippen LogP contribution in [0.2, 0.25) is 0 Å². The highest BCUT2D eigenvalue weighted by Crippen LogP contribution is 2.17. The van der Waals surface area contributed by atoms with E-state index in [1.807, 2.05) is 112 Å². The van der Waals surface area contributed by atoms with Crippen LogP contribution in [0.25, 0.3) is 0 Å². The molecule has 0 saturated carbocycles. The molecule has 0 aromatic heterocycles. The second kappa shape index (κ2) is 21.8. The van der Waals surface area contributed by atoms with E-state index >= 15 is 0 Å². The van der Waals surface area contributed by atoms with Gasteiger partial charge in [-0.2, -0.15) is 0 Å². The maximum absolute atomic E-state index is 14.0. The molecule has 12 nitrogen and oxygen atoms in total. The number of hydrogen-bond donors (Lipinski definition) is 5. The van der Waals surface area contributed by atoms with Gasteiger partial charge in [0, 0.05) is 6.04 Å². The molecule has 4 amide bonds. The van der Waals surface area contributed by atoms with Gasteiger partial charge in [0.15, 0.2) is 0 Å². The minimum Gasteiger partial charge on any atom is -0.448 e. The lowest BCUT2D eigenvalue weighted by Gasteiger charge is -2.34. The van der Waals surface area contributed by atoms with Crippen LogP contribution in [0.1, 0.15) is 63.6 Å². The molecule has 0 spiro atoms. The Labute approximate surface area is 325 Å². The van der Waals surface area contributed by atoms with E-state index in [-0.39, 0.29) is 43.9 Å². The summed E-state index contributed by atoms with van der Waals surface area (Å²) in [7, 11) is 2.02. The van der Waals surface area contributed by atoms with Crippen LogP contribution in [0.15, 0.2) is 91.0 Å². The van der Waals surface area contributed by atoms with Crippen molar-refractivity contribution in [2.24, 2.45) is 11.8 Å². The van der Waals surface area contributed by atoms with Crippen molar-refractivity contribution in [2.75, 3.05) is 20.2 Å². The first-order valence-electron chi connectivity index (χ1n) is 19.4. The largest absolute Gasteiger partial charge is 0.448 e. The fourth-order valence-corrected chi connectivity index (χ4v) is 6.73. The quantitative estimate of drug-likeness (QED) is 0.122. The molecular weight excluding hydrogens is 699 g/mol. The van der Waals surface area contributed by atoms with Crippen molar-refractivity contribution >= 4 is 24.0 Å². The highest BCUT2D eigenvalue weighted by molar-refractivity contribution is 5.87. The van der Waals surface area contributed by atoms with Crippen molar-refractivity contribution in [2.45, 2.75) is 103 Å². The third kappa shape index (κ3) is 14.0. The lowest BCUT2D eigenvalue weighted by atomic mass is 9.91. The summed E-state index contributed by atoms with van der Waals surface area (Å²) in [5, 5.41) is 23.7. The maximum Gasteiger partial charge on any atom is 0.408 e. The fourth-order valence-electron chi connectivity index (χ4n) is 6.73. The number of alkyl carbamates (subject to hydrolysis) is 2. The summed E-state index contributed by atoms with van der Waals surface area (Å²) in [6.45, 7) is 8.47. The molecule has 6 atom stereocenters. The summed E-state index contributed by atoms with van der Waals surface area (Å²) in [5.41, 5.74) is 2.51. The number of benzene rings is 3. The molecule has 1 fully saturated rings. The number of carbonyl (C=O) groups excluding carboxylic acids is 4. The van der Waals surface area contributed by atoms with E-state index in [0.29, 0.717) is 0 Å². The summed E-state index contributed by atoms with van der Waals surface area (Å²) in [5.74, 6) is -1.63. The first kappa shape index (κ1) is 42.8. The number of amides is 4. The van der Waals surface area contributed by atoms with E-state index < -0.39 is 54.3 Å². The second-order valence-electron chi connectivity index (χ2n) is 15.1. The number of carbonyl (C=O) groups is 4. The Bertz CT molecular complexity index is 1630. The summed E-state index contributed by atoms with van der Waals surface area (Å²) >= 11 is 0. The Morgan fingerprint density at radius 2 is 1.09 bits per heavy atom. The zero-order valence-corrected chi connectivity index (χ0v) is 32.8. The van der Waals surface area contributed by atoms with Crippen LogP contribution in [0, 0.1) is 11.8 Å². The van der Waals surface area contributed by atoms with Crippen molar-refractivity contribution < 1.29 is 33.8 Å². The van der Waals surface area contributed by atoms with Gasteiger partial charge in [0.2, 0.25) is 11.8 Å². The number of likely N-dealkylation sites (N-methyl/N-ethyl adjacent to an activating group) is 1. The standard InChI is InChI=1S/C43H59N5O7/c1-29(2)37(46-42(52)54-27-33-21-13-8-14-22-33)40(50)44-35(25-31-17-9-6-10-18-31)39(49)36(26-32-19-11-7-12-20-32)45-41(51)38(30(3)4)47-43(53)55-28-34-23-15-16-24-48(34)5/h6-14,17-22,29-30,34-39,49H,15-16,23-28H2,1-5H3,(H,44,50)(H,45,51)(H,46,52)(H,47,53)/t34?,35?,36?,37-,38-,39?/m0/s1. The van der Waals surface area contributed by atoms with E-state index in [2.05, 4.69) is 26.2 Å². The Morgan fingerprint density at radius 3 is 1.53 bits per heavy atom. The van der Waals surface area contributed by atoms with Crippen LogP contribution in [-0.2, 0) is 38.5 Å². The number of rotatable bonds is 18. The van der Waals surface area contributed by atoms with Gasteiger partial charge in [-0.3, -0.25) is 9.59 Å². The molecule has 5 N–H and O–H groups in total. The zero-order chi connectivity index (χ0) is 39.7. The van der Waals surface area contributed by atoms with Crippen molar-refractivity contribution in [3.63, 3.8) is 0 Å². The van der Waals surface area contributed by atoms with E-state index in [1.165, 1.54) is 0 Å². The lowest BCUT2D eigenvalue weighted by molar-refractivity contribution is -0.126. The third-order valence-corrected chi connectivity index (χ3v) is 10.1. The molecular formula is C43H59N5O7. The molecule has 3 aromatic carbocycles. The smallest absolute Gasteiger partial charge is 0.408 e. The minimum atomic E-state index is -1.30. The number of hydrogen-bond acceptors (Lipinski definition) is 8. The zero-order valence-electron chi connectivity index (χ0n) is 32.8. The first-order valence-corrected chi connectivity index (χ1v) is 19.4. The van der Waals surface area contributed by atoms with Crippen LogP contribution >= 0.6 is 0 Å². The Hall–Kier alpha value is -4.94. The van der Waals surface area contributed by atoms with Gasteiger partial charge in [0.1, 0.15) is 25.3 Å². The van der Waals surface area contributed by atoms with Crippen LogP contribution in [0.5, 0.6) is 0 Å². The molecule has 0 bridgehead atoms. The van der Waals surface area contributed by atoms with Gasteiger partial charge < -0.3 is 40.7 Å². The monoisotopic (exact) mass is 757 g/mol. The molecule has 298 valence electrons. The third-order valence-electron chi connectivity index (χ3n) is 10.1. The van der Waals surface area contributed by atoms with Gasteiger partial charge in [-0.15, -0.1) is 0 Å². The normalized spacial score (nSPS) is 17.3. The van der Waals surface area contributed by atoms with Gasteiger partial charge in [0.25, 0.3) is 0 Å². The lowest BCUT2D eigenvalue weighted by Crippen LogP contribution is -2.61. The van der Waals surface area contributed by atoms with Crippen molar-refractivity contribution in [3.05, 3.63) is 108 Å². The van der Waals surface area contributed by atoms with Crippen LogP contribution in [0.3, 0.4) is 0 Å². The Balaban J connectivity index is 1.52. The molecule has 12 heteroatoms. The molecule has 1 aliphatic rings. The maximum atomic E-state index is 14.0. The van der Waals surface area contributed by atoms with Gasteiger partial charge in [-0.05, 0) is 67.8 Å². The number of nitrogens with one attached hydrogen (secondary N) is 4. The topological polar surface area (TPSA) is 158 Å². The van der Waals surface area contributed by atoms with E-state index in [9.17, 15) is 24.3 Å². The number of likely N-dealkylation sites (tertiary alicyclic amines) is 1. The molecule has 4 rings (SSSR count). The van der Waals surface area contributed by atoms with Gasteiger partial charge >= 0.3 is 12.2 Å². The number of ether oxygens (including phenoxy) is 2. The van der Waals surface area contributed by atoms with Crippen LogP contribution in [0.4, 0.5) is 9.59 Å². The summed E-state index contributed by atoms with van der Waals surface area (Å²) in [6, 6.07) is 24.5. The number of aliphatic hydroxyl groups excluding tert-OH is 1. The average molecular weight is 758 g/mol. The van der Waals surface area contributed by atoms with Crippen molar-refractivity contribution in [3.8, 4) is 0 Å². The molecule has 4 unspecified atom stereocenters. The molecule has 0 aliphatic carbocycles. The Kier molecular flexibility index (Phi) is 17.0. The second-order valence-corrected chi connectivity index (χ2v) is 15.1. The predicted molar refractivity (Wildman–Crippen MR) is 212 cm³/mol. The van der Waals surface area contributed by atoms with Gasteiger partial charge in [-0.1, -0.05) is 125 Å². The molecule has 55 heavy (non-hydrogen) atoms. The summed E-state index contributed by atoms with van der Waals surface area (Å²) in [4.78, 5) is 56.0. The van der Waals surface area contributed by atoms with Gasteiger partial charge in [-0.25, -0.2) is 9.59 Å². The fraction of sp³-hybridized carbons (Fsp3) is 0.488. The highest BCUT2D eigenvalue weighted by Gasteiger charge is 2.36. The average Bonchev–Trinajstić information content (AvgIpc) is 3.18. The van der Waals surface area contributed by atoms with E-state index in [0.717, 1.165) is 42.5 Å². The number of piperidine rings is 1. The first-order chi connectivity index (χ1) is 26.4. The minimum absolute atomic E-state index is 0.0388. The van der Waals surface area contributed by atoms with E-state index in [4.69, 9.17) is 9.47 Å². The predicted octanol–water partition coefficient (Wildman–Crippen LogP) is 4.99. The molecule has 3 aromatic rings.